The average molecular weight is 486 g/mol. The molecule has 3 rings (SSSR count). The van der Waals surface area contributed by atoms with Gasteiger partial charge in [0.1, 0.15) is 34.6 Å². The SMILES string of the molecule is CCCc1ccc(CCc2cc(F)c(CCc3cc(F)c(C(F)(F)F)c(F)c3)c(F)c2)c(F)c1. The van der Waals surface area contributed by atoms with Crippen LogP contribution in [0.1, 0.15) is 46.7 Å². The molecule has 8 heteroatoms. The number of hydrogen-bond donors (Lipinski definition) is 0. The maximum absolute atomic E-state index is 14.5. The largest absolute Gasteiger partial charge is 0.422 e. The fraction of sp³-hybridized carbons (Fsp3) is 0.308. The third kappa shape index (κ3) is 6.15. The Hall–Kier alpha value is -2.90. The third-order valence-electron chi connectivity index (χ3n) is 5.59. The summed E-state index contributed by atoms with van der Waals surface area (Å²) in [6.07, 6.45) is -3.72. The summed E-state index contributed by atoms with van der Waals surface area (Å²) >= 11 is 0. The monoisotopic (exact) mass is 486 g/mol. The molecule has 0 nitrogen and oxygen atoms in total. The molecule has 0 aliphatic carbocycles. The lowest BCUT2D eigenvalue weighted by atomic mass is 9.97. The standard InChI is InChI=1S/C26H22F8/c1-2-3-15-4-7-18(20(27)10-15)8-5-16-11-21(28)19(22(29)12-16)9-6-17-13-23(30)25(24(31)14-17)26(32,33)34/h4,7,10-14H,2-3,5-6,8-9H2,1H3. The van der Waals surface area contributed by atoms with E-state index in [1.54, 1.807) is 6.07 Å². The van der Waals surface area contributed by atoms with E-state index in [1.807, 2.05) is 13.0 Å². The second-order valence-electron chi connectivity index (χ2n) is 8.15. The minimum atomic E-state index is -5.19. The van der Waals surface area contributed by atoms with Gasteiger partial charge in [0, 0.05) is 5.56 Å². The average Bonchev–Trinajstić information content (AvgIpc) is 2.71. The molecular formula is C26H22F8. The maximum Gasteiger partial charge on any atom is 0.422 e. The molecule has 0 heterocycles. The van der Waals surface area contributed by atoms with Crippen molar-refractivity contribution in [1.29, 1.82) is 0 Å². The molecule has 0 aromatic heterocycles. The molecule has 0 N–H and O–H groups in total. The van der Waals surface area contributed by atoms with Gasteiger partial charge in [-0.2, -0.15) is 13.2 Å². The van der Waals surface area contributed by atoms with Crippen LogP contribution in [0, 0.1) is 29.1 Å². The van der Waals surface area contributed by atoms with Gasteiger partial charge < -0.3 is 0 Å². The molecule has 0 spiro atoms. The van der Waals surface area contributed by atoms with Gasteiger partial charge in [0.05, 0.1) is 0 Å². The molecule has 0 atom stereocenters. The molecule has 0 aliphatic heterocycles. The highest BCUT2D eigenvalue weighted by Crippen LogP contribution is 2.34. The Morgan fingerprint density at radius 3 is 1.56 bits per heavy atom. The summed E-state index contributed by atoms with van der Waals surface area (Å²) in [5.74, 6) is -5.72. The maximum atomic E-state index is 14.5. The summed E-state index contributed by atoms with van der Waals surface area (Å²) in [4.78, 5) is 0. The van der Waals surface area contributed by atoms with Gasteiger partial charge in [-0.25, -0.2) is 22.0 Å². The first kappa shape index (κ1) is 25.7. The van der Waals surface area contributed by atoms with Gasteiger partial charge in [0.15, 0.2) is 0 Å². The Kier molecular flexibility index (Phi) is 8.00. The van der Waals surface area contributed by atoms with E-state index in [2.05, 4.69) is 0 Å². The van der Waals surface area contributed by atoms with Crippen molar-refractivity contribution >= 4 is 0 Å². The van der Waals surface area contributed by atoms with Crippen molar-refractivity contribution in [2.24, 2.45) is 0 Å². The van der Waals surface area contributed by atoms with E-state index in [-0.39, 0.29) is 42.6 Å². The third-order valence-corrected chi connectivity index (χ3v) is 5.59. The van der Waals surface area contributed by atoms with Gasteiger partial charge in [-0.05, 0) is 84.7 Å². The van der Waals surface area contributed by atoms with Gasteiger partial charge in [-0.15, -0.1) is 0 Å². The van der Waals surface area contributed by atoms with Crippen molar-refractivity contribution in [3.05, 3.63) is 105 Å². The zero-order chi connectivity index (χ0) is 25.0. The first-order valence-electron chi connectivity index (χ1n) is 10.8. The molecular weight excluding hydrogens is 464 g/mol. The van der Waals surface area contributed by atoms with E-state index in [0.29, 0.717) is 23.3 Å². The summed E-state index contributed by atoms with van der Waals surface area (Å²) < 4.78 is 109. The van der Waals surface area contributed by atoms with Crippen LogP contribution in [0.15, 0.2) is 42.5 Å². The van der Waals surface area contributed by atoms with Gasteiger partial charge in [0.2, 0.25) is 0 Å². The Morgan fingerprint density at radius 2 is 1.06 bits per heavy atom. The lowest BCUT2D eigenvalue weighted by Gasteiger charge is -2.12. The van der Waals surface area contributed by atoms with Crippen LogP contribution >= 0.6 is 0 Å². The Balaban J connectivity index is 1.69. The van der Waals surface area contributed by atoms with E-state index in [0.717, 1.165) is 30.5 Å². The molecule has 0 saturated heterocycles. The Bertz CT molecular complexity index is 1120. The topological polar surface area (TPSA) is 0 Å². The number of aryl methyl sites for hydroxylation is 4. The molecule has 0 fully saturated rings. The first-order valence-corrected chi connectivity index (χ1v) is 10.8. The summed E-state index contributed by atoms with van der Waals surface area (Å²) in [6.45, 7) is 1.98. The van der Waals surface area contributed by atoms with Crippen molar-refractivity contribution in [2.75, 3.05) is 0 Å². The second-order valence-corrected chi connectivity index (χ2v) is 8.15. The quantitative estimate of drug-likeness (QED) is 0.284. The lowest BCUT2D eigenvalue weighted by molar-refractivity contribution is -0.142. The fourth-order valence-corrected chi connectivity index (χ4v) is 3.87. The van der Waals surface area contributed by atoms with Crippen molar-refractivity contribution in [3.8, 4) is 0 Å². The van der Waals surface area contributed by atoms with Crippen LogP contribution in [0.2, 0.25) is 0 Å². The molecule has 3 aromatic rings. The molecule has 0 bridgehead atoms. The van der Waals surface area contributed by atoms with Crippen molar-refractivity contribution in [3.63, 3.8) is 0 Å². The highest BCUT2D eigenvalue weighted by molar-refractivity contribution is 5.32. The predicted molar refractivity (Wildman–Crippen MR) is 113 cm³/mol. The zero-order valence-corrected chi connectivity index (χ0v) is 18.3. The van der Waals surface area contributed by atoms with Gasteiger partial charge in [-0.1, -0.05) is 25.5 Å². The van der Waals surface area contributed by atoms with Crippen LogP contribution in [0.5, 0.6) is 0 Å². The van der Waals surface area contributed by atoms with E-state index >= 15 is 0 Å². The lowest BCUT2D eigenvalue weighted by Crippen LogP contribution is -2.12. The van der Waals surface area contributed by atoms with Crippen LogP contribution in [0.3, 0.4) is 0 Å². The second kappa shape index (κ2) is 10.6. The minimum absolute atomic E-state index is 0.159. The van der Waals surface area contributed by atoms with Crippen LogP contribution in [-0.4, -0.2) is 0 Å². The molecule has 0 unspecified atom stereocenters. The van der Waals surface area contributed by atoms with Gasteiger partial charge >= 0.3 is 6.18 Å². The highest BCUT2D eigenvalue weighted by atomic mass is 19.4. The summed E-state index contributed by atoms with van der Waals surface area (Å²) in [7, 11) is 0. The molecule has 0 amide bonds. The number of benzene rings is 3. The van der Waals surface area contributed by atoms with E-state index in [9.17, 15) is 35.1 Å². The van der Waals surface area contributed by atoms with Crippen molar-refractivity contribution in [1.82, 2.24) is 0 Å². The van der Waals surface area contributed by atoms with E-state index in [1.165, 1.54) is 6.07 Å². The number of hydrogen-bond acceptors (Lipinski definition) is 0. The summed E-state index contributed by atoms with van der Waals surface area (Å²) in [6, 6.07) is 8.16. The fourth-order valence-electron chi connectivity index (χ4n) is 3.87. The van der Waals surface area contributed by atoms with Crippen molar-refractivity contribution < 1.29 is 35.1 Å². The first-order chi connectivity index (χ1) is 16.0. The van der Waals surface area contributed by atoms with E-state index < -0.39 is 35.0 Å². The van der Waals surface area contributed by atoms with Crippen LogP contribution in [0.25, 0.3) is 0 Å². The minimum Gasteiger partial charge on any atom is -0.207 e. The Labute approximate surface area is 192 Å². The van der Waals surface area contributed by atoms with E-state index in [4.69, 9.17) is 0 Å². The highest BCUT2D eigenvalue weighted by Gasteiger charge is 2.37. The molecule has 0 aliphatic rings. The number of alkyl halides is 3. The van der Waals surface area contributed by atoms with Gasteiger partial charge in [-0.3, -0.25) is 0 Å². The van der Waals surface area contributed by atoms with Gasteiger partial charge in [0.25, 0.3) is 0 Å². The Morgan fingerprint density at radius 1 is 0.559 bits per heavy atom. The number of rotatable bonds is 8. The molecule has 0 radical (unpaired) electrons. The normalized spacial score (nSPS) is 11.8. The molecule has 182 valence electrons. The van der Waals surface area contributed by atoms with Crippen molar-refractivity contribution in [2.45, 2.75) is 51.6 Å². The zero-order valence-electron chi connectivity index (χ0n) is 18.3. The smallest absolute Gasteiger partial charge is 0.207 e. The van der Waals surface area contributed by atoms with Crippen LogP contribution in [-0.2, 0) is 38.3 Å². The van der Waals surface area contributed by atoms with Crippen LogP contribution < -0.4 is 0 Å². The number of halogens is 8. The van der Waals surface area contributed by atoms with Crippen LogP contribution in [0.4, 0.5) is 35.1 Å². The summed E-state index contributed by atoms with van der Waals surface area (Å²) in [5.41, 5.74) is -0.904. The summed E-state index contributed by atoms with van der Waals surface area (Å²) in [5, 5.41) is 0. The molecule has 3 aromatic carbocycles. The molecule has 0 saturated carbocycles. The predicted octanol–water partition coefficient (Wildman–Crippen LogP) is 7.92. The molecule has 34 heavy (non-hydrogen) atoms.